The first-order valence-corrected chi connectivity index (χ1v) is 11.5. The molecule has 0 saturated carbocycles. The average molecular weight is 441 g/mol. The lowest BCUT2D eigenvalue weighted by Gasteiger charge is -2.26. The Morgan fingerprint density at radius 2 is 1.48 bits per heavy atom. The van der Waals surface area contributed by atoms with Gasteiger partial charge in [0, 0.05) is 28.6 Å². The lowest BCUT2D eigenvalue weighted by Crippen LogP contribution is -2.53. The van der Waals surface area contributed by atoms with Crippen molar-refractivity contribution in [2.24, 2.45) is 0 Å². The van der Waals surface area contributed by atoms with E-state index in [1.54, 1.807) is 36.0 Å². The van der Waals surface area contributed by atoms with E-state index in [0.717, 1.165) is 25.0 Å². The lowest BCUT2D eigenvalue weighted by molar-refractivity contribution is -0.140. The van der Waals surface area contributed by atoms with Gasteiger partial charge in [0.1, 0.15) is 0 Å². The smallest absolute Gasteiger partial charge is 0.305 e. The van der Waals surface area contributed by atoms with Gasteiger partial charge in [-0.1, -0.05) is 42.8 Å². The summed E-state index contributed by atoms with van der Waals surface area (Å²) in [6.07, 6.45) is 2.83. The highest BCUT2D eigenvalue weighted by molar-refractivity contribution is 8.00. The summed E-state index contributed by atoms with van der Waals surface area (Å²) in [6, 6.07) is 17.8. The highest BCUT2D eigenvalue weighted by Crippen LogP contribution is 2.32. The highest BCUT2D eigenvalue weighted by Gasteiger charge is 2.38. The normalized spacial score (nSPS) is 20.1. The average Bonchev–Trinajstić information content (AvgIpc) is 3.18. The molecule has 7 heteroatoms. The molecular formula is C24H28N2O4S. The van der Waals surface area contributed by atoms with Gasteiger partial charge >= 0.3 is 5.97 Å². The molecule has 2 aromatic carbocycles. The van der Waals surface area contributed by atoms with Crippen molar-refractivity contribution in [3.8, 4) is 0 Å². The van der Waals surface area contributed by atoms with Crippen LogP contribution in [0.25, 0.3) is 0 Å². The fourth-order valence-corrected chi connectivity index (χ4v) is 5.21. The van der Waals surface area contributed by atoms with Gasteiger partial charge in [0.05, 0.1) is 19.2 Å². The van der Waals surface area contributed by atoms with Crippen molar-refractivity contribution in [1.29, 1.82) is 0 Å². The summed E-state index contributed by atoms with van der Waals surface area (Å²) >= 11 is 1.75. The van der Waals surface area contributed by atoms with Crippen LogP contribution >= 0.6 is 11.8 Å². The summed E-state index contributed by atoms with van der Waals surface area (Å²) in [4.78, 5) is 36.9. The van der Waals surface area contributed by atoms with E-state index in [1.165, 1.54) is 7.11 Å². The number of thioether (sulfide) groups is 1. The molecule has 1 saturated heterocycles. The van der Waals surface area contributed by atoms with Crippen molar-refractivity contribution in [3.05, 3.63) is 71.8 Å². The Morgan fingerprint density at radius 3 is 2.06 bits per heavy atom. The van der Waals surface area contributed by atoms with E-state index in [0.29, 0.717) is 17.5 Å². The predicted octanol–water partition coefficient (Wildman–Crippen LogP) is 3.43. The lowest BCUT2D eigenvalue weighted by atomic mass is 10.00. The zero-order valence-corrected chi connectivity index (χ0v) is 18.4. The Labute approximate surface area is 187 Å². The number of amides is 2. The quantitative estimate of drug-likeness (QED) is 0.461. The van der Waals surface area contributed by atoms with E-state index >= 15 is 0 Å². The van der Waals surface area contributed by atoms with E-state index < -0.39 is 0 Å². The van der Waals surface area contributed by atoms with Gasteiger partial charge < -0.3 is 15.4 Å². The Balaban J connectivity index is 1.66. The third-order valence-electron chi connectivity index (χ3n) is 5.36. The molecule has 6 nitrogen and oxygen atoms in total. The molecule has 1 aliphatic rings. The van der Waals surface area contributed by atoms with Gasteiger partial charge in [-0.3, -0.25) is 14.4 Å². The molecule has 3 atom stereocenters. The maximum atomic E-state index is 12.8. The number of hydrogen-bond acceptors (Lipinski definition) is 5. The minimum Gasteiger partial charge on any atom is -0.469 e. The van der Waals surface area contributed by atoms with E-state index in [9.17, 15) is 14.4 Å². The van der Waals surface area contributed by atoms with Crippen LogP contribution in [0.5, 0.6) is 0 Å². The molecule has 0 bridgehead atoms. The molecule has 31 heavy (non-hydrogen) atoms. The second-order valence-electron chi connectivity index (χ2n) is 7.50. The van der Waals surface area contributed by atoms with Crippen LogP contribution in [-0.4, -0.2) is 48.0 Å². The molecule has 1 heterocycles. The van der Waals surface area contributed by atoms with Crippen LogP contribution in [-0.2, 0) is 9.53 Å². The highest BCUT2D eigenvalue weighted by atomic mass is 32.2. The molecule has 1 fully saturated rings. The van der Waals surface area contributed by atoms with Crippen LogP contribution in [0.15, 0.2) is 60.7 Å². The van der Waals surface area contributed by atoms with Crippen molar-refractivity contribution >= 4 is 29.5 Å². The van der Waals surface area contributed by atoms with E-state index in [1.807, 2.05) is 36.4 Å². The summed E-state index contributed by atoms with van der Waals surface area (Å²) in [5.74, 6) is 0.226. The third kappa shape index (κ3) is 6.59. The minimum atomic E-state index is -0.207. The van der Waals surface area contributed by atoms with Gasteiger partial charge in [-0.05, 0) is 37.1 Å². The van der Waals surface area contributed by atoms with Gasteiger partial charge in [-0.15, -0.1) is 0 Å². The molecule has 2 amide bonds. The number of hydrogen-bond donors (Lipinski definition) is 2. The van der Waals surface area contributed by atoms with Crippen LogP contribution in [0.2, 0.25) is 0 Å². The topological polar surface area (TPSA) is 84.5 Å². The van der Waals surface area contributed by atoms with E-state index in [-0.39, 0.29) is 35.1 Å². The Kier molecular flexibility index (Phi) is 8.53. The molecule has 2 N–H and O–H groups in total. The summed E-state index contributed by atoms with van der Waals surface area (Å²) in [5.41, 5.74) is 1.19. The standard InChI is InChI=1S/C24H28N2O4S/c1-30-21(27)15-9-8-14-20-22(26-24(29)18-12-6-3-7-13-18)19(16-31-20)25-23(28)17-10-4-2-5-11-17/h2-7,10-13,19-20,22H,8-9,14-16H2,1H3,(H,25,28)(H,26,29)/t19-,20-,22+/m1/s1. The van der Waals surface area contributed by atoms with Crippen molar-refractivity contribution in [2.45, 2.75) is 43.0 Å². The number of rotatable bonds is 9. The second-order valence-corrected chi connectivity index (χ2v) is 8.78. The predicted molar refractivity (Wildman–Crippen MR) is 122 cm³/mol. The Hall–Kier alpha value is -2.80. The number of esters is 1. The number of benzene rings is 2. The van der Waals surface area contributed by atoms with Crippen LogP contribution in [0, 0.1) is 0 Å². The Bertz CT molecular complexity index is 876. The van der Waals surface area contributed by atoms with Crippen molar-refractivity contribution in [3.63, 3.8) is 0 Å². The van der Waals surface area contributed by atoms with Gasteiger partial charge in [-0.25, -0.2) is 0 Å². The van der Waals surface area contributed by atoms with Crippen LogP contribution in [0.1, 0.15) is 46.4 Å². The number of carbonyl (C=O) groups excluding carboxylic acids is 3. The monoisotopic (exact) mass is 440 g/mol. The summed E-state index contributed by atoms with van der Waals surface area (Å²) in [5, 5.41) is 6.41. The van der Waals surface area contributed by atoms with Gasteiger partial charge in [0.2, 0.25) is 0 Å². The molecule has 0 radical (unpaired) electrons. The fraction of sp³-hybridized carbons (Fsp3) is 0.375. The first-order valence-electron chi connectivity index (χ1n) is 10.5. The maximum absolute atomic E-state index is 12.8. The zero-order valence-electron chi connectivity index (χ0n) is 17.6. The second kappa shape index (κ2) is 11.6. The largest absolute Gasteiger partial charge is 0.469 e. The maximum Gasteiger partial charge on any atom is 0.305 e. The molecule has 3 rings (SSSR count). The molecule has 0 unspecified atom stereocenters. The first kappa shape index (κ1) is 22.9. The molecule has 164 valence electrons. The van der Waals surface area contributed by atoms with Crippen molar-refractivity contribution in [1.82, 2.24) is 10.6 Å². The fourth-order valence-electron chi connectivity index (χ4n) is 3.66. The molecular weight excluding hydrogens is 412 g/mol. The van der Waals surface area contributed by atoms with Gasteiger partial charge in [0.25, 0.3) is 11.8 Å². The number of methoxy groups -OCH3 is 1. The summed E-state index contributed by atoms with van der Waals surface area (Å²) in [7, 11) is 1.39. The van der Waals surface area contributed by atoms with Crippen molar-refractivity contribution < 1.29 is 19.1 Å². The molecule has 0 spiro atoms. The summed E-state index contributed by atoms with van der Waals surface area (Å²) in [6.45, 7) is 0. The Morgan fingerprint density at radius 1 is 0.903 bits per heavy atom. The SMILES string of the molecule is COC(=O)CCCC[C@H]1SC[C@@H](NC(=O)c2ccccc2)[C@@H]1NC(=O)c1ccccc1. The van der Waals surface area contributed by atoms with E-state index in [4.69, 9.17) is 4.74 Å². The first-order chi connectivity index (χ1) is 15.1. The van der Waals surface area contributed by atoms with Gasteiger partial charge in [-0.2, -0.15) is 11.8 Å². The number of nitrogens with one attached hydrogen (secondary N) is 2. The molecule has 0 aliphatic carbocycles. The summed E-state index contributed by atoms with van der Waals surface area (Å²) < 4.78 is 4.70. The number of carbonyl (C=O) groups is 3. The van der Waals surface area contributed by atoms with Gasteiger partial charge in [0.15, 0.2) is 0 Å². The zero-order chi connectivity index (χ0) is 22.1. The molecule has 1 aliphatic heterocycles. The molecule has 0 aromatic heterocycles. The molecule has 2 aromatic rings. The van der Waals surface area contributed by atoms with Crippen LogP contribution < -0.4 is 10.6 Å². The number of ether oxygens (including phenoxy) is 1. The minimum absolute atomic E-state index is 0.142. The van der Waals surface area contributed by atoms with Crippen LogP contribution in [0.3, 0.4) is 0 Å². The van der Waals surface area contributed by atoms with Crippen LogP contribution in [0.4, 0.5) is 0 Å². The number of unbranched alkanes of at least 4 members (excludes halogenated alkanes) is 1. The van der Waals surface area contributed by atoms with Crippen molar-refractivity contribution in [2.75, 3.05) is 12.9 Å². The third-order valence-corrected chi connectivity index (χ3v) is 6.87. The van der Waals surface area contributed by atoms with E-state index in [2.05, 4.69) is 10.6 Å².